The molecule has 0 radical (unpaired) electrons. The number of nitrogens with two attached hydrogens (primary N) is 1. The number of methoxy groups -OCH3 is 1. The number of hydrogen-bond acceptors (Lipinski definition) is 4. The predicted octanol–water partition coefficient (Wildman–Crippen LogP) is 2.11. The molecule has 5 heteroatoms. The molecule has 0 bridgehead atoms. The number of anilines is 1. The Balaban J connectivity index is 3.10. The molecule has 0 amide bonds. The Morgan fingerprint density at radius 1 is 1.53 bits per heavy atom. The second kappa shape index (κ2) is 4.89. The number of hydrogen-bond donors (Lipinski definition) is 1. The fourth-order valence-corrected chi connectivity index (χ4v) is 1.29. The van der Waals surface area contributed by atoms with Crippen molar-refractivity contribution in [2.75, 3.05) is 19.5 Å². The van der Waals surface area contributed by atoms with Crippen LogP contribution in [0.5, 0.6) is 5.75 Å². The number of ether oxygens (including phenoxy) is 2. The van der Waals surface area contributed by atoms with Crippen LogP contribution in [0.3, 0.4) is 0 Å². The molecule has 15 heavy (non-hydrogen) atoms. The third-order valence-corrected chi connectivity index (χ3v) is 2.20. The lowest BCUT2D eigenvalue weighted by Crippen LogP contribution is -2.06. The van der Waals surface area contributed by atoms with Gasteiger partial charge in [-0.05, 0) is 19.1 Å². The summed E-state index contributed by atoms with van der Waals surface area (Å²) in [6.07, 6.45) is 0. The fraction of sp³-hybridized carbons (Fsp3) is 0.300. The molecule has 0 heterocycles. The first kappa shape index (κ1) is 11.7. The summed E-state index contributed by atoms with van der Waals surface area (Å²) >= 11 is 5.84. The zero-order valence-corrected chi connectivity index (χ0v) is 9.30. The van der Waals surface area contributed by atoms with Gasteiger partial charge in [-0.3, -0.25) is 0 Å². The number of halogens is 1. The van der Waals surface area contributed by atoms with E-state index in [2.05, 4.69) is 0 Å². The van der Waals surface area contributed by atoms with E-state index in [9.17, 15) is 4.79 Å². The maximum absolute atomic E-state index is 11.4. The maximum Gasteiger partial charge on any atom is 0.338 e. The Morgan fingerprint density at radius 3 is 2.73 bits per heavy atom. The number of rotatable bonds is 3. The van der Waals surface area contributed by atoms with Gasteiger partial charge in [0.1, 0.15) is 10.8 Å². The molecule has 0 saturated heterocycles. The van der Waals surface area contributed by atoms with Crippen LogP contribution >= 0.6 is 11.6 Å². The quantitative estimate of drug-likeness (QED) is 0.637. The zero-order valence-electron chi connectivity index (χ0n) is 8.54. The summed E-state index contributed by atoms with van der Waals surface area (Å²) in [4.78, 5) is 11.4. The molecule has 0 aliphatic heterocycles. The molecule has 0 atom stereocenters. The van der Waals surface area contributed by atoms with Crippen LogP contribution in [0, 0.1) is 0 Å². The van der Waals surface area contributed by atoms with Gasteiger partial charge in [0, 0.05) is 0 Å². The molecular weight excluding hydrogens is 218 g/mol. The second-order valence-electron chi connectivity index (χ2n) is 2.80. The monoisotopic (exact) mass is 229 g/mol. The van der Waals surface area contributed by atoms with E-state index in [0.29, 0.717) is 28.6 Å². The summed E-state index contributed by atoms with van der Waals surface area (Å²) in [5.74, 6) is -0.0844. The van der Waals surface area contributed by atoms with Gasteiger partial charge < -0.3 is 15.2 Å². The van der Waals surface area contributed by atoms with Gasteiger partial charge in [-0.15, -0.1) is 0 Å². The highest BCUT2D eigenvalue weighted by atomic mass is 35.5. The van der Waals surface area contributed by atoms with Crippen molar-refractivity contribution in [3.05, 3.63) is 22.7 Å². The molecule has 0 saturated carbocycles. The maximum atomic E-state index is 11.4. The van der Waals surface area contributed by atoms with Crippen LogP contribution in [0.4, 0.5) is 5.69 Å². The van der Waals surface area contributed by atoms with E-state index in [1.165, 1.54) is 19.2 Å². The van der Waals surface area contributed by atoms with Crippen molar-refractivity contribution in [1.82, 2.24) is 0 Å². The molecule has 1 aromatic carbocycles. The summed E-state index contributed by atoms with van der Waals surface area (Å²) in [6.45, 7) is 2.04. The topological polar surface area (TPSA) is 61.5 Å². The van der Waals surface area contributed by atoms with Crippen LogP contribution in [-0.2, 0) is 4.74 Å². The molecule has 4 nitrogen and oxygen atoms in total. The van der Waals surface area contributed by atoms with E-state index in [1.54, 1.807) is 6.92 Å². The Bertz CT molecular complexity index is 379. The predicted molar refractivity (Wildman–Crippen MR) is 58.4 cm³/mol. The Morgan fingerprint density at radius 2 is 2.20 bits per heavy atom. The van der Waals surface area contributed by atoms with Crippen molar-refractivity contribution < 1.29 is 14.3 Å². The number of benzene rings is 1. The summed E-state index contributed by atoms with van der Waals surface area (Å²) in [7, 11) is 1.45. The van der Waals surface area contributed by atoms with Crippen LogP contribution < -0.4 is 10.5 Å². The van der Waals surface area contributed by atoms with Gasteiger partial charge >= 0.3 is 5.97 Å². The van der Waals surface area contributed by atoms with Gasteiger partial charge in [-0.25, -0.2) is 4.79 Å². The van der Waals surface area contributed by atoms with Crippen molar-refractivity contribution in [3.63, 3.8) is 0 Å². The summed E-state index contributed by atoms with van der Waals surface area (Å²) < 4.78 is 9.80. The lowest BCUT2D eigenvalue weighted by atomic mass is 10.2. The molecule has 0 aliphatic carbocycles. The first-order valence-electron chi connectivity index (χ1n) is 4.40. The van der Waals surface area contributed by atoms with Crippen molar-refractivity contribution >= 4 is 23.3 Å². The first-order valence-corrected chi connectivity index (χ1v) is 4.78. The molecule has 0 fully saturated rings. The first-order chi connectivity index (χ1) is 7.10. The second-order valence-corrected chi connectivity index (χ2v) is 3.18. The van der Waals surface area contributed by atoms with Crippen LogP contribution in [-0.4, -0.2) is 19.7 Å². The highest BCUT2D eigenvalue weighted by Crippen LogP contribution is 2.31. The van der Waals surface area contributed by atoms with E-state index in [0.717, 1.165) is 0 Å². The van der Waals surface area contributed by atoms with E-state index in [4.69, 9.17) is 26.8 Å². The molecular formula is C10H12ClNO3. The molecule has 0 unspecified atom stereocenters. The van der Waals surface area contributed by atoms with Crippen LogP contribution in [0.1, 0.15) is 17.3 Å². The molecule has 2 N–H and O–H groups in total. The Labute approximate surface area is 92.9 Å². The Hall–Kier alpha value is -1.42. The van der Waals surface area contributed by atoms with Gasteiger partial charge in [0.15, 0.2) is 0 Å². The lowest BCUT2D eigenvalue weighted by Gasteiger charge is -2.08. The fourth-order valence-electron chi connectivity index (χ4n) is 1.10. The molecule has 1 rings (SSSR count). The lowest BCUT2D eigenvalue weighted by molar-refractivity contribution is 0.0526. The zero-order chi connectivity index (χ0) is 11.4. The smallest absolute Gasteiger partial charge is 0.338 e. The average Bonchev–Trinajstić information content (AvgIpc) is 2.22. The summed E-state index contributed by atoms with van der Waals surface area (Å²) in [5.41, 5.74) is 6.23. The molecule has 0 spiro atoms. The highest BCUT2D eigenvalue weighted by molar-refractivity contribution is 6.34. The van der Waals surface area contributed by atoms with Crippen LogP contribution in [0.2, 0.25) is 5.02 Å². The number of carbonyl (C=O) groups excluding carboxylic acids is 1. The molecule has 0 aliphatic rings. The molecule has 0 aromatic heterocycles. The van der Waals surface area contributed by atoms with Gasteiger partial charge in [0.2, 0.25) is 0 Å². The number of nitrogen functional groups attached to an aromatic ring is 1. The van der Waals surface area contributed by atoms with Crippen molar-refractivity contribution in [3.8, 4) is 5.75 Å². The van der Waals surface area contributed by atoms with E-state index in [1.807, 2.05) is 0 Å². The third-order valence-electron chi connectivity index (χ3n) is 1.80. The Kier molecular flexibility index (Phi) is 3.80. The number of carbonyl (C=O) groups is 1. The minimum absolute atomic E-state index is 0.291. The minimum Gasteiger partial charge on any atom is -0.495 e. The van der Waals surface area contributed by atoms with E-state index in [-0.39, 0.29) is 0 Å². The van der Waals surface area contributed by atoms with Crippen LogP contribution in [0.15, 0.2) is 12.1 Å². The molecule has 82 valence electrons. The summed E-state index contributed by atoms with van der Waals surface area (Å²) in [6, 6.07) is 2.96. The van der Waals surface area contributed by atoms with Crippen molar-refractivity contribution in [2.24, 2.45) is 0 Å². The highest BCUT2D eigenvalue weighted by Gasteiger charge is 2.13. The van der Waals surface area contributed by atoms with E-state index >= 15 is 0 Å². The van der Waals surface area contributed by atoms with Gasteiger partial charge in [0.05, 0.1) is 25.0 Å². The van der Waals surface area contributed by atoms with Gasteiger partial charge in [-0.2, -0.15) is 0 Å². The summed E-state index contributed by atoms with van der Waals surface area (Å²) in [5, 5.41) is 0.297. The third kappa shape index (κ3) is 2.53. The van der Waals surface area contributed by atoms with Crippen molar-refractivity contribution in [1.29, 1.82) is 0 Å². The SMILES string of the molecule is CCOC(=O)c1cc(N)c(Cl)c(OC)c1. The largest absolute Gasteiger partial charge is 0.495 e. The van der Waals surface area contributed by atoms with Gasteiger partial charge in [0.25, 0.3) is 0 Å². The standard InChI is InChI=1S/C10H12ClNO3/c1-3-15-10(13)6-4-7(12)9(11)8(5-6)14-2/h4-5H,3,12H2,1-2H3. The minimum atomic E-state index is -0.445. The van der Waals surface area contributed by atoms with Crippen LogP contribution in [0.25, 0.3) is 0 Å². The van der Waals surface area contributed by atoms with Gasteiger partial charge in [-0.1, -0.05) is 11.6 Å². The number of esters is 1. The molecule has 1 aromatic rings. The normalized spacial score (nSPS) is 9.80. The van der Waals surface area contributed by atoms with E-state index < -0.39 is 5.97 Å². The van der Waals surface area contributed by atoms with Crippen molar-refractivity contribution in [2.45, 2.75) is 6.92 Å². The average molecular weight is 230 g/mol.